The Morgan fingerprint density at radius 2 is 2.10 bits per heavy atom. The maximum atomic E-state index is 12.0. The van der Waals surface area contributed by atoms with Crippen molar-refractivity contribution >= 4 is 40.6 Å². The molecule has 0 spiro atoms. The number of carbonyl (C=O) groups is 1. The minimum Gasteiger partial charge on any atom is -0.495 e. The third kappa shape index (κ3) is 4.09. The highest BCUT2D eigenvalue weighted by Crippen LogP contribution is 2.30. The quantitative estimate of drug-likeness (QED) is 0.830. The lowest BCUT2D eigenvalue weighted by Crippen LogP contribution is -2.09. The van der Waals surface area contributed by atoms with Crippen LogP contribution in [-0.2, 0) is 4.79 Å². The third-order valence-electron chi connectivity index (χ3n) is 2.90. The van der Waals surface area contributed by atoms with Crippen LogP contribution in [0.3, 0.4) is 0 Å². The fourth-order valence-electron chi connectivity index (χ4n) is 1.81. The van der Waals surface area contributed by atoms with Gasteiger partial charge in [-0.3, -0.25) is 4.79 Å². The van der Waals surface area contributed by atoms with E-state index < -0.39 is 0 Å². The summed E-state index contributed by atoms with van der Waals surface area (Å²) in [5, 5.41) is 3.41. The Labute approximate surface area is 133 Å². The molecule has 1 heterocycles. The Kier molecular flexibility index (Phi) is 5.04. The molecule has 0 saturated heterocycles. The van der Waals surface area contributed by atoms with Crippen molar-refractivity contribution in [2.24, 2.45) is 0 Å². The molecule has 0 radical (unpaired) electrons. The van der Waals surface area contributed by atoms with E-state index in [1.165, 1.54) is 11.0 Å². The van der Waals surface area contributed by atoms with Gasteiger partial charge in [0.05, 0.1) is 12.8 Å². The second kappa shape index (κ2) is 6.78. The number of methoxy groups -OCH3 is 1. The molecule has 5 heteroatoms. The predicted octanol–water partition coefficient (Wildman–Crippen LogP) is 4.68. The minimum atomic E-state index is -0.207. The standard InChI is InChI=1S/C16H16ClNO2S/c1-10-8-14(15(20-3)9-13(10)17)18-16(19)7-6-12-5-4-11(2)21-12/h4-9H,1-3H3,(H,18,19)/b7-6+. The highest BCUT2D eigenvalue weighted by Gasteiger charge is 2.08. The highest BCUT2D eigenvalue weighted by molar-refractivity contribution is 7.12. The van der Waals surface area contributed by atoms with Crippen molar-refractivity contribution in [1.82, 2.24) is 0 Å². The fourth-order valence-corrected chi connectivity index (χ4v) is 2.74. The van der Waals surface area contributed by atoms with E-state index in [0.29, 0.717) is 16.5 Å². The Morgan fingerprint density at radius 3 is 2.71 bits per heavy atom. The maximum Gasteiger partial charge on any atom is 0.248 e. The van der Waals surface area contributed by atoms with Crippen molar-refractivity contribution < 1.29 is 9.53 Å². The van der Waals surface area contributed by atoms with Crippen LogP contribution < -0.4 is 10.1 Å². The van der Waals surface area contributed by atoms with Gasteiger partial charge in [0.1, 0.15) is 5.75 Å². The average molecular weight is 322 g/mol. The van der Waals surface area contributed by atoms with Crippen LogP contribution in [0, 0.1) is 13.8 Å². The van der Waals surface area contributed by atoms with E-state index in [0.717, 1.165) is 10.4 Å². The van der Waals surface area contributed by atoms with Gasteiger partial charge in [-0.05, 0) is 43.7 Å². The van der Waals surface area contributed by atoms with Crippen molar-refractivity contribution in [2.75, 3.05) is 12.4 Å². The van der Waals surface area contributed by atoms with Crippen LogP contribution in [0.15, 0.2) is 30.3 Å². The molecule has 110 valence electrons. The van der Waals surface area contributed by atoms with E-state index in [9.17, 15) is 4.79 Å². The number of halogens is 1. The zero-order chi connectivity index (χ0) is 15.4. The van der Waals surface area contributed by atoms with Gasteiger partial charge in [0.15, 0.2) is 0 Å². The first kappa shape index (κ1) is 15.6. The van der Waals surface area contributed by atoms with Crippen molar-refractivity contribution in [3.8, 4) is 5.75 Å². The molecule has 1 N–H and O–H groups in total. The van der Waals surface area contributed by atoms with Gasteiger partial charge in [-0.1, -0.05) is 11.6 Å². The second-order valence-electron chi connectivity index (χ2n) is 4.57. The molecule has 0 bridgehead atoms. The van der Waals surface area contributed by atoms with E-state index in [1.54, 1.807) is 36.7 Å². The summed E-state index contributed by atoms with van der Waals surface area (Å²) in [6.07, 6.45) is 3.30. The Hall–Kier alpha value is -1.78. The van der Waals surface area contributed by atoms with Crippen LogP contribution in [0.1, 0.15) is 15.3 Å². The van der Waals surface area contributed by atoms with Gasteiger partial charge in [0, 0.05) is 26.9 Å². The van der Waals surface area contributed by atoms with Gasteiger partial charge in [-0.25, -0.2) is 0 Å². The van der Waals surface area contributed by atoms with Crippen molar-refractivity contribution in [2.45, 2.75) is 13.8 Å². The summed E-state index contributed by atoms with van der Waals surface area (Å²) in [6, 6.07) is 7.49. The Bertz CT molecular complexity index is 692. The summed E-state index contributed by atoms with van der Waals surface area (Å²) < 4.78 is 5.23. The van der Waals surface area contributed by atoms with Crippen molar-refractivity contribution in [1.29, 1.82) is 0 Å². The van der Waals surface area contributed by atoms with E-state index >= 15 is 0 Å². The number of thiophene rings is 1. The van der Waals surface area contributed by atoms with Crippen LogP contribution in [0.2, 0.25) is 5.02 Å². The monoisotopic (exact) mass is 321 g/mol. The Morgan fingerprint density at radius 1 is 1.33 bits per heavy atom. The summed E-state index contributed by atoms with van der Waals surface area (Å²) in [4.78, 5) is 14.2. The summed E-state index contributed by atoms with van der Waals surface area (Å²) in [5.74, 6) is 0.334. The van der Waals surface area contributed by atoms with Crippen LogP contribution in [0.4, 0.5) is 5.69 Å². The van der Waals surface area contributed by atoms with Gasteiger partial charge in [-0.15, -0.1) is 11.3 Å². The molecule has 0 aliphatic heterocycles. The smallest absolute Gasteiger partial charge is 0.248 e. The molecule has 0 unspecified atom stereocenters. The van der Waals surface area contributed by atoms with Crippen LogP contribution in [-0.4, -0.2) is 13.0 Å². The van der Waals surface area contributed by atoms with Gasteiger partial charge in [0.25, 0.3) is 0 Å². The predicted molar refractivity (Wildman–Crippen MR) is 89.5 cm³/mol. The number of amides is 1. The highest BCUT2D eigenvalue weighted by atomic mass is 35.5. The zero-order valence-corrected chi connectivity index (χ0v) is 13.6. The molecule has 2 rings (SSSR count). The SMILES string of the molecule is COc1cc(Cl)c(C)cc1NC(=O)/C=C/c1ccc(C)s1. The Balaban J connectivity index is 2.12. The number of aryl methyl sites for hydroxylation is 2. The van der Waals surface area contributed by atoms with Crippen molar-refractivity contribution in [3.63, 3.8) is 0 Å². The number of ether oxygens (including phenoxy) is 1. The van der Waals surface area contributed by atoms with Gasteiger partial charge in [0.2, 0.25) is 5.91 Å². The lowest BCUT2D eigenvalue weighted by molar-refractivity contribution is -0.111. The molecule has 1 amide bonds. The summed E-state index contributed by atoms with van der Waals surface area (Å²) >= 11 is 7.68. The van der Waals surface area contributed by atoms with Crippen LogP contribution in [0.25, 0.3) is 6.08 Å². The van der Waals surface area contributed by atoms with Gasteiger partial charge >= 0.3 is 0 Å². The number of nitrogens with one attached hydrogen (secondary N) is 1. The largest absolute Gasteiger partial charge is 0.495 e. The van der Waals surface area contributed by atoms with E-state index in [-0.39, 0.29) is 5.91 Å². The number of hydrogen-bond acceptors (Lipinski definition) is 3. The number of rotatable bonds is 4. The molecule has 0 fully saturated rings. The molecular formula is C16H16ClNO2S. The normalized spacial score (nSPS) is 10.9. The third-order valence-corrected chi connectivity index (χ3v) is 4.27. The zero-order valence-electron chi connectivity index (χ0n) is 12.1. The first-order valence-corrected chi connectivity index (χ1v) is 7.58. The molecule has 2 aromatic rings. The number of hydrogen-bond donors (Lipinski definition) is 1. The number of benzene rings is 1. The fraction of sp³-hybridized carbons (Fsp3) is 0.188. The molecule has 21 heavy (non-hydrogen) atoms. The summed E-state index contributed by atoms with van der Waals surface area (Å²) in [6.45, 7) is 3.91. The van der Waals surface area contributed by atoms with Gasteiger partial charge in [-0.2, -0.15) is 0 Å². The van der Waals surface area contributed by atoms with Gasteiger partial charge < -0.3 is 10.1 Å². The molecule has 0 saturated carbocycles. The topological polar surface area (TPSA) is 38.3 Å². The lowest BCUT2D eigenvalue weighted by Gasteiger charge is -2.11. The average Bonchev–Trinajstić information content (AvgIpc) is 2.86. The number of carbonyl (C=O) groups excluding carboxylic acids is 1. The summed E-state index contributed by atoms with van der Waals surface area (Å²) in [7, 11) is 1.54. The molecule has 1 aromatic carbocycles. The van der Waals surface area contributed by atoms with Crippen LogP contribution in [0.5, 0.6) is 5.75 Å². The van der Waals surface area contributed by atoms with E-state index in [4.69, 9.17) is 16.3 Å². The maximum absolute atomic E-state index is 12.0. The molecule has 1 aromatic heterocycles. The molecule has 0 aliphatic rings. The van der Waals surface area contributed by atoms with Crippen LogP contribution >= 0.6 is 22.9 Å². The summed E-state index contributed by atoms with van der Waals surface area (Å²) in [5.41, 5.74) is 1.49. The lowest BCUT2D eigenvalue weighted by atomic mass is 10.2. The molecule has 3 nitrogen and oxygen atoms in total. The van der Waals surface area contributed by atoms with Crippen molar-refractivity contribution in [3.05, 3.63) is 50.7 Å². The second-order valence-corrected chi connectivity index (χ2v) is 6.30. The molecular weight excluding hydrogens is 306 g/mol. The first-order chi connectivity index (χ1) is 9.99. The number of anilines is 1. The molecule has 0 aliphatic carbocycles. The first-order valence-electron chi connectivity index (χ1n) is 6.39. The van der Waals surface area contributed by atoms with E-state index in [1.807, 2.05) is 26.0 Å². The van der Waals surface area contributed by atoms with E-state index in [2.05, 4.69) is 5.32 Å². The molecule has 0 atom stereocenters. The minimum absolute atomic E-state index is 0.207.